The summed E-state index contributed by atoms with van der Waals surface area (Å²) in [6.07, 6.45) is 2.48. The fraction of sp³-hybridized carbons (Fsp3) is 0.222. The molecule has 0 radical (unpaired) electrons. The quantitative estimate of drug-likeness (QED) is 0.667. The van der Waals surface area contributed by atoms with Crippen LogP contribution in [0.25, 0.3) is 0 Å². The smallest absolute Gasteiger partial charge is 0.340 e. The molecule has 0 bridgehead atoms. The molecule has 0 aliphatic carbocycles. The van der Waals surface area contributed by atoms with Crippen LogP contribution in [0.5, 0.6) is 0 Å². The number of carboxylic acid groups (broad SMARTS) is 1. The summed E-state index contributed by atoms with van der Waals surface area (Å²) >= 11 is 0. The van der Waals surface area contributed by atoms with Crippen LogP contribution in [-0.4, -0.2) is 39.5 Å². The van der Waals surface area contributed by atoms with Gasteiger partial charge >= 0.3 is 5.97 Å². The van der Waals surface area contributed by atoms with Crippen molar-refractivity contribution in [3.8, 4) is 0 Å². The zero-order valence-electron chi connectivity index (χ0n) is 9.86. The molecule has 0 spiro atoms. The topological polar surface area (TPSA) is 130 Å². The second-order valence-corrected chi connectivity index (χ2v) is 5.39. The van der Waals surface area contributed by atoms with Gasteiger partial charge in [0.15, 0.2) is 5.03 Å². The highest BCUT2D eigenvalue weighted by atomic mass is 32.2. The summed E-state index contributed by atoms with van der Waals surface area (Å²) in [7, 11) is -2.31. The average Bonchev–Trinajstić information content (AvgIpc) is 2.95. The van der Waals surface area contributed by atoms with Crippen molar-refractivity contribution in [2.24, 2.45) is 7.05 Å². The highest BCUT2D eigenvalue weighted by Crippen LogP contribution is 2.12. The molecule has 3 N–H and O–H groups in total. The van der Waals surface area contributed by atoms with Gasteiger partial charge in [0.05, 0.1) is 18.4 Å². The zero-order valence-corrected chi connectivity index (χ0v) is 10.7. The highest BCUT2D eigenvalue weighted by molar-refractivity contribution is 7.89. The summed E-state index contributed by atoms with van der Waals surface area (Å²) in [4.78, 5) is 10.9. The number of aromatic carboxylic acids is 1. The number of carbonyl (C=O) groups is 1. The van der Waals surface area contributed by atoms with Crippen LogP contribution in [0.1, 0.15) is 16.1 Å². The molecule has 0 saturated heterocycles. The number of nitrogens with zero attached hydrogens (tertiary/aromatic N) is 3. The number of sulfonamides is 1. The maximum atomic E-state index is 11.9. The van der Waals surface area contributed by atoms with Gasteiger partial charge in [-0.3, -0.25) is 9.78 Å². The van der Waals surface area contributed by atoms with E-state index in [1.165, 1.54) is 10.9 Å². The van der Waals surface area contributed by atoms with E-state index >= 15 is 0 Å². The molecule has 0 unspecified atom stereocenters. The molecule has 0 aliphatic heterocycles. The number of carboxylic acids is 1. The van der Waals surface area contributed by atoms with Gasteiger partial charge in [-0.1, -0.05) is 0 Å². The lowest BCUT2D eigenvalue weighted by Crippen LogP contribution is -2.26. The number of hydrogen-bond acceptors (Lipinski definition) is 5. The molecule has 10 heteroatoms. The normalized spacial score (nSPS) is 11.6. The van der Waals surface area contributed by atoms with Gasteiger partial charge in [-0.25, -0.2) is 17.9 Å². The van der Waals surface area contributed by atoms with E-state index in [-0.39, 0.29) is 6.54 Å². The first-order chi connectivity index (χ1) is 8.92. The monoisotopic (exact) mass is 285 g/mol. The molecular formula is C9H11N5O4S. The Balaban J connectivity index is 2.21. The molecule has 2 rings (SSSR count). The lowest BCUT2D eigenvalue weighted by atomic mass is 10.4. The minimum Gasteiger partial charge on any atom is -0.478 e. The molecular weight excluding hydrogens is 274 g/mol. The van der Waals surface area contributed by atoms with Gasteiger partial charge in [0.1, 0.15) is 5.56 Å². The van der Waals surface area contributed by atoms with Crippen molar-refractivity contribution >= 4 is 16.0 Å². The summed E-state index contributed by atoms with van der Waals surface area (Å²) in [6, 6.07) is 1.65. The fourth-order valence-corrected chi connectivity index (χ4v) is 2.53. The number of aromatic nitrogens is 4. The van der Waals surface area contributed by atoms with Gasteiger partial charge in [-0.05, 0) is 6.07 Å². The minimum atomic E-state index is -3.98. The second kappa shape index (κ2) is 4.82. The molecule has 102 valence electrons. The van der Waals surface area contributed by atoms with Gasteiger partial charge in [-0.15, -0.1) is 0 Å². The third-order valence-electron chi connectivity index (χ3n) is 2.47. The number of aromatic amines is 1. The molecule has 2 heterocycles. The molecule has 2 aromatic rings. The standard InChI is InChI=1S/C9H11N5O4S/c1-14-6(2-3-11-14)4-12-19(17,18)8-7(9(15)16)5-10-13-8/h2-3,5,12H,4H2,1H3,(H,10,13)(H,15,16). The Kier molecular flexibility index (Phi) is 3.36. The number of hydrogen-bond donors (Lipinski definition) is 3. The molecule has 19 heavy (non-hydrogen) atoms. The SMILES string of the molecule is Cn1nccc1CNS(=O)(=O)c1[nH]ncc1C(=O)O. The molecule has 2 aromatic heterocycles. The Morgan fingerprint density at radius 1 is 1.58 bits per heavy atom. The van der Waals surface area contributed by atoms with Gasteiger partial charge in [0, 0.05) is 13.2 Å². The Labute approximate surface area is 108 Å². The van der Waals surface area contributed by atoms with E-state index < -0.39 is 26.6 Å². The van der Waals surface area contributed by atoms with E-state index in [9.17, 15) is 13.2 Å². The lowest BCUT2D eigenvalue weighted by Gasteiger charge is -2.05. The van der Waals surface area contributed by atoms with E-state index in [4.69, 9.17) is 5.11 Å². The van der Waals surface area contributed by atoms with Crippen LogP contribution >= 0.6 is 0 Å². The van der Waals surface area contributed by atoms with E-state index in [2.05, 4.69) is 20.0 Å². The van der Waals surface area contributed by atoms with Crippen LogP contribution in [0.15, 0.2) is 23.5 Å². The third kappa shape index (κ3) is 2.63. The maximum Gasteiger partial charge on any atom is 0.340 e. The van der Waals surface area contributed by atoms with Crippen molar-refractivity contribution in [2.75, 3.05) is 0 Å². The average molecular weight is 285 g/mol. The first-order valence-corrected chi connectivity index (χ1v) is 6.63. The van der Waals surface area contributed by atoms with Crippen LogP contribution in [0.3, 0.4) is 0 Å². The van der Waals surface area contributed by atoms with Crippen molar-refractivity contribution < 1.29 is 18.3 Å². The Bertz CT molecular complexity index is 702. The largest absolute Gasteiger partial charge is 0.478 e. The van der Waals surface area contributed by atoms with Crippen molar-refractivity contribution in [3.63, 3.8) is 0 Å². The van der Waals surface area contributed by atoms with E-state index in [1.54, 1.807) is 13.1 Å². The Morgan fingerprint density at radius 2 is 2.32 bits per heavy atom. The predicted molar refractivity (Wildman–Crippen MR) is 62.8 cm³/mol. The zero-order chi connectivity index (χ0) is 14.0. The number of nitrogens with one attached hydrogen (secondary N) is 2. The molecule has 0 aromatic carbocycles. The van der Waals surface area contributed by atoms with Crippen molar-refractivity contribution in [3.05, 3.63) is 29.7 Å². The summed E-state index contributed by atoms with van der Waals surface area (Å²) in [5.74, 6) is -1.37. The minimum absolute atomic E-state index is 0.00306. The highest BCUT2D eigenvalue weighted by Gasteiger charge is 2.24. The third-order valence-corrected chi connectivity index (χ3v) is 3.84. The van der Waals surface area contributed by atoms with Gasteiger partial charge < -0.3 is 5.11 Å². The van der Waals surface area contributed by atoms with Crippen molar-refractivity contribution in [2.45, 2.75) is 11.6 Å². The van der Waals surface area contributed by atoms with Crippen molar-refractivity contribution in [1.82, 2.24) is 24.7 Å². The number of aryl methyl sites for hydroxylation is 1. The van der Waals surface area contributed by atoms with Crippen molar-refractivity contribution in [1.29, 1.82) is 0 Å². The molecule has 0 aliphatic rings. The number of rotatable bonds is 5. The number of H-pyrrole nitrogens is 1. The van der Waals surface area contributed by atoms with E-state index in [1.807, 2.05) is 0 Å². The van der Waals surface area contributed by atoms with Gasteiger partial charge in [0.2, 0.25) is 0 Å². The molecule has 0 saturated carbocycles. The van der Waals surface area contributed by atoms with Crippen LogP contribution in [0, 0.1) is 0 Å². The van der Waals surface area contributed by atoms with E-state index in [0.29, 0.717) is 5.69 Å². The van der Waals surface area contributed by atoms with E-state index in [0.717, 1.165) is 6.20 Å². The first kappa shape index (κ1) is 13.2. The molecule has 9 nitrogen and oxygen atoms in total. The first-order valence-electron chi connectivity index (χ1n) is 5.15. The Morgan fingerprint density at radius 3 is 2.89 bits per heavy atom. The summed E-state index contributed by atoms with van der Waals surface area (Å²) in [6.45, 7) is -0.00306. The van der Waals surface area contributed by atoms with Crippen LogP contribution in [-0.2, 0) is 23.6 Å². The summed E-state index contributed by atoms with van der Waals surface area (Å²) < 4.78 is 27.7. The lowest BCUT2D eigenvalue weighted by molar-refractivity contribution is 0.0692. The Hall–Kier alpha value is -2.20. The van der Waals surface area contributed by atoms with Crippen LogP contribution in [0.4, 0.5) is 0 Å². The fourth-order valence-electron chi connectivity index (χ4n) is 1.45. The van der Waals surface area contributed by atoms with Crippen LogP contribution < -0.4 is 4.72 Å². The van der Waals surface area contributed by atoms with Gasteiger partial charge in [0.25, 0.3) is 10.0 Å². The predicted octanol–water partition coefficient (Wildman–Crippen LogP) is -0.680. The maximum absolute atomic E-state index is 11.9. The molecule has 0 amide bonds. The van der Waals surface area contributed by atoms with Gasteiger partial charge in [-0.2, -0.15) is 10.2 Å². The molecule has 0 atom stereocenters. The molecule has 0 fully saturated rings. The summed E-state index contributed by atoms with van der Waals surface area (Å²) in [5, 5.41) is 17.9. The second-order valence-electron chi connectivity index (χ2n) is 3.69. The summed E-state index contributed by atoms with van der Waals surface area (Å²) in [5.41, 5.74) is 0.234. The van der Waals surface area contributed by atoms with Crippen LogP contribution in [0.2, 0.25) is 0 Å².